The quantitative estimate of drug-likeness (QED) is 0.245. The minimum absolute atomic E-state index is 0.0448. The van der Waals surface area contributed by atoms with Crippen LogP contribution in [0.4, 0.5) is 5.13 Å². The Labute approximate surface area is 191 Å². The van der Waals surface area contributed by atoms with Crippen molar-refractivity contribution in [2.24, 2.45) is 0 Å². The molecule has 5 rings (SSSR count). The van der Waals surface area contributed by atoms with Crippen molar-refractivity contribution in [3.05, 3.63) is 94.5 Å². The van der Waals surface area contributed by atoms with Crippen LogP contribution in [0.2, 0.25) is 5.02 Å². The molecule has 1 fully saturated rings. The molecule has 0 aliphatic carbocycles. The SMILES string of the molecule is O=C1C(=O)N(c2nc3ccccc3s2)[C@@H](c2ccc(O)cc2)C1=C(O)c1ccc(Cl)cc1. The van der Waals surface area contributed by atoms with Gasteiger partial charge in [0.25, 0.3) is 5.78 Å². The van der Waals surface area contributed by atoms with Crippen LogP contribution in [0.25, 0.3) is 16.0 Å². The lowest BCUT2D eigenvalue weighted by molar-refractivity contribution is -0.132. The number of phenols is 1. The number of aromatic hydroxyl groups is 1. The maximum Gasteiger partial charge on any atom is 0.301 e. The van der Waals surface area contributed by atoms with Crippen molar-refractivity contribution in [3.63, 3.8) is 0 Å². The predicted octanol–water partition coefficient (Wildman–Crippen LogP) is 5.28. The van der Waals surface area contributed by atoms with Gasteiger partial charge in [0.1, 0.15) is 11.5 Å². The maximum absolute atomic E-state index is 13.2. The van der Waals surface area contributed by atoms with Gasteiger partial charge in [0.05, 0.1) is 21.8 Å². The Morgan fingerprint density at radius 1 is 0.969 bits per heavy atom. The van der Waals surface area contributed by atoms with Crippen LogP contribution in [0, 0.1) is 0 Å². The van der Waals surface area contributed by atoms with Gasteiger partial charge in [-0.3, -0.25) is 14.5 Å². The molecule has 2 heterocycles. The number of Topliss-reactive ketones (excluding diaryl/α,β-unsaturated/α-hetero) is 1. The minimum atomic E-state index is -0.910. The third kappa shape index (κ3) is 3.32. The zero-order valence-electron chi connectivity index (χ0n) is 16.4. The average molecular weight is 463 g/mol. The van der Waals surface area contributed by atoms with Gasteiger partial charge in [-0.1, -0.05) is 47.2 Å². The molecule has 1 aromatic heterocycles. The maximum atomic E-state index is 13.2. The Kier molecular flexibility index (Phi) is 4.92. The zero-order valence-corrected chi connectivity index (χ0v) is 18.0. The number of anilines is 1. The molecule has 2 N–H and O–H groups in total. The third-order valence-corrected chi connectivity index (χ3v) is 6.55. The number of ketones is 1. The zero-order chi connectivity index (χ0) is 22.4. The molecule has 1 atom stereocenters. The van der Waals surface area contributed by atoms with E-state index in [0.717, 1.165) is 4.70 Å². The van der Waals surface area contributed by atoms with E-state index in [4.69, 9.17) is 11.6 Å². The molecule has 0 bridgehead atoms. The predicted molar refractivity (Wildman–Crippen MR) is 124 cm³/mol. The number of carbonyl (C=O) groups is 2. The number of aliphatic hydroxyl groups is 1. The van der Waals surface area contributed by atoms with Crippen LogP contribution in [0.5, 0.6) is 5.75 Å². The number of aliphatic hydroxyl groups excluding tert-OH is 1. The number of rotatable bonds is 3. The molecule has 0 spiro atoms. The summed E-state index contributed by atoms with van der Waals surface area (Å²) in [5.41, 5.74) is 1.57. The van der Waals surface area contributed by atoms with Gasteiger partial charge in [0.15, 0.2) is 5.13 Å². The van der Waals surface area contributed by atoms with Crippen molar-refractivity contribution in [2.75, 3.05) is 4.90 Å². The number of hydrogen-bond donors (Lipinski definition) is 2. The molecule has 1 amide bonds. The molecule has 1 aliphatic heterocycles. The first kappa shape index (κ1) is 20.2. The van der Waals surface area contributed by atoms with E-state index < -0.39 is 17.7 Å². The van der Waals surface area contributed by atoms with Crippen molar-refractivity contribution >= 4 is 55.7 Å². The van der Waals surface area contributed by atoms with Crippen molar-refractivity contribution in [2.45, 2.75) is 6.04 Å². The van der Waals surface area contributed by atoms with E-state index in [1.54, 1.807) is 36.4 Å². The summed E-state index contributed by atoms with van der Waals surface area (Å²) in [6.45, 7) is 0. The smallest absolute Gasteiger partial charge is 0.301 e. The first-order valence-electron chi connectivity index (χ1n) is 9.65. The average Bonchev–Trinajstić information content (AvgIpc) is 3.33. The van der Waals surface area contributed by atoms with E-state index in [-0.39, 0.29) is 17.1 Å². The summed E-state index contributed by atoms with van der Waals surface area (Å²) in [5.74, 6) is -1.85. The number of carbonyl (C=O) groups excluding carboxylic acids is 2. The van der Waals surface area contributed by atoms with E-state index in [1.165, 1.54) is 28.4 Å². The van der Waals surface area contributed by atoms with Crippen LogP contribution in [0.1, 0.15) is 17.2 Å². The standard InChI is InChI=1S/C24H15ClN2O4S/c25-15-9-5-14(6-10-15)21(29)19-20(13-7-11-16(28)12-8-13)27(23(31)22(19)30)24-26-17-3-1-2-4-18(17)32-24/h1-12,20,28-29H/t20-/m0/s1. The fourth-order valence-corrected chi connectivity index (χ4v) is 4.85. The Balaban J connectivity index is 1.73. The molecule has 6 nitrogen and oxygen atoms in total. The molecule has 8 heteroatoms. The number of benzene rings is 3. The summed E-state index contributed by atoms with van der Waals surface area (Å²) in [6, 6.07) is 19.0. The second-order valence-electron chi connectivity index (χ2n) is 7.23. The highest BCUT2D eigenvalue weighted by Crippen LogP contribution is 2.44. The number of nitrogens with zero attached hydrogens (tertiary/aromatic N) is 2. The number of halogens is 1. The van der Waals surface area contributed by atoms with Crippen LogP contribution in [0.3, 0.4) is 0 Å². The number of aromatic nitrogens is 1. The Morgan fingerprint density at radius 2 is 1.66 bits per heavy atom. The molecule has 1 saturated heterocycles. The van der Waals surface area contributed by atoms with E-state index in [0.29, 0.717) is 26.8 Å². The fraction of sp³-hybridized carbons (Fsp3) is 0.0417. The van der Waals surface area contributed by atoms with Crippen molar-refractivity contribution in [1.82, 2.24) is 4.98 Å². The molecule has 158 valence electrons. The molecule has 0 unspecified atom stereocenters. The Morgan fingerprint density at radius 3 is 2.34 bits per heavy atom. The van der Waals surface area contributed by atoms with Gasteiger partial charge < -0.3 is 10.2 Å². The van der Waals surface area contributed by atoms with Crippen LogP contribution < -0.4 is 4.90 Å². The van der Waals surface area contributed by atoms with Crippen molar-refractivity contribution < 1.29 is 19.8 Å². The molecule has 0 radical (unpaired) electrons. The molecule has 0 saturated carbocycles. The van der Waals surface area contributed by atoms with E-state index in [9.17, 15) is 19.8 Å². The highest BCUT2D eigenvalue weighted by Gasteiger charge is 2.48. The van der Waals surface area contributed by atoms with E-state index in [1.807, 2.05) is 24.3 Å². The summed E-state index contributed by atoms with van der Waals surface area (Å²) in [7, 11) is 0. The van der Waals surface area contributed by atoms with Crippen LogP contribution in [-0.2, 0) is 9.59 Å². The number of thiazole rings is 1. The molecular formula is C24H15ClN2O4S. The highest BCUT2D eigenvalue weighted by molar-refractivity contribution is 7.22. The summed E-state index contributed by atoms with van der Waals surface area (Å²) >= 11 is 7.24. The molecule has 32 heavy (non-hydrogen) atoms. The Hall–Kier alpha value is -3.68. The summed E-state index contributed by atoms with van der Waals surface area (Å²) in [6.07, 6.45) is 0. The van der Waals surface area contributed by atoms with Crippen LogP contribution in [-0.4, -0.2) is 26.9 Å². The van der Waals surface area contributed by atoms with Gasteiger partial charge in [-0.2, -0.15) is 0 Å². The van der Waals surface area contributed by atoms with E-state index in [2.05, 4.69) is 4.98 Å². The minimum Gasteiger partial charge on any atom is -0.508 e. The highest BCUT2D eigenvalue weighted by atomic mass is 35.5. The van der Waals surface area contributed by atoms with Gasteiger partial charge in [-0.05, 0) is 54.1 Å². The topological polar surface area (TPSA) is 90.7 Å². The van der Waals surface area contributed by atoms with Gasteiger partial charge in [0.2, 0.25) is 0 Å². The van der Waals surface area contributed by atoms with Crippen molar-refractivity contribution in [1.29, 1.82) is 0 Å². The second-order valence-corrected chi connectivity index (χ2v) is 8.68. The van der Waals surface area contributed by atoms with Gasteiger partial charge in [-0.15, -0.1) is 0 Å². The van der Waals surface area contributed by atoms with Crippen LogP contribution in [0.15, 0.2) is 78.4 Å². The molecule has 4 aromatic rings. The summed E-state index contributed by atoms with van der Waals surface area (Å²) in [4.78, 5) is 32.1. The molecular weight excluding hydrogens is 448 g/mol. The lowest BCUT2D eigenvalue weighted by Crippen LogP contribution is -2.29. The monoisotopic (exact) mass is 462 g/mol. The lowest BCUT2D eigenvalue weighted by atomic mass is 9.95. The molecule has 3 aromatic carbocycles. The first-order valence-corrected chi connectivity index (χ1v) is 10.8. The van der Waals surface area contributed by atoms with E-state index >= 15 is 0 Å². The number of hydrogen-bond acceptors (Lipinski definition) is 6. The normalized spacial score (nSPS) is 17.9. The second kappa shape index (κ2) is 7.78. The number of amides is 1. The first-order chi connectivity index (χ1) is 15.4. The Bertz CT molecular complexity index is 1360. The largest absolute Gasteiger partial charge is 0.508 e. The lowest BCUT2D eigenvalue weighted by Gasteiger charge is -2.23. The fourth-order valence-electron chi connectivity index (χ4n) is 3.73. The third-order valence-electron chi connectivity index (χ3n) is 5.26. The number of fused-ring (bicyclic) bond motifs is 1. The number of para-hydroxylation sites is 1. The number of phenolic OH excluding ortho intramolecular Hbond substituents is 1. The summed E-state index contributed by atoms with van der Waals surface area (Å²) in [5, 5.41) is 21.6. The van der Waals surface area contributed by atoms with Crippen molar-refractivity contribution in [3.8, 4) is 5.75 Å². The van der Waals surface area contributed by atoms with Gasteiger partial charge >= 0.3 is 5.91 Å². The van der Waals surface area contributed by atoms with Crippen LogP contribution >= 0.6 is 22.9 Å². The summed E-state index contributed by atoms with van der Waals surface area (Å²) < 4.78 is 0.867. The van der Waals surface area contributed by atoms with Gasteiger partial charge in [0, 0.05) is 10.6 Å². The van der Waals surface area contributed by atoms with Gasteiger partial charge in [-0.25, -0.2) is 4.98 Å². The molecule has 1 aliphatic rings.